The first-order valence-corrected chi connectivity index (χ1v) is 5.52. The van der Waals surface area contributed by atoms with Gasteiger partial charge in [-0.1, -0.05) is 6.92 Å². The predicted octanol–water partition coefficient (Wildman–Crippen LogP) is 2.25. The predicted molar refractivity (Wildman–Crippen MR) is 60.4 cm³/mol. The Labute approximate surface area is 109 Å². The number of alkyl halides is 3. The molecule has 2 atom stereocenters. The van der Waals surface area contributed by atoms with Crippen LogP contribution in [0.3, 0.4) is 0 Å². The van der Waals surface area contributed by atoms with E-state index in [0.29, 0.717) is 0 Å². The second-order valence-corrected chi connectivity index (χ2v) is 4.98. The van der Waals surface area contributed by atoms with E-state index >= 15 is 0 Å². The minimum Gasteiger partial charge on any atom is -0.467 e. The summed E-state index contributed by atoms with van der Waals surface area (Å²) in [5.74, 6) is -3.27. The Balaban J connectivity index is 4.90. The minimum atomic E-state index is -4.64. The van der Waals surface area contributed by atoms with Crippen molar-refractivity contribution in [3.8, 4) is 0 Å². The number of methoxy groups -OCH3 is 1. The van der Waals surface area contributed by atoms with Crippen molar-refractivity contribution in [3.05, 3.63) is 0 Å². The van der Waals surface area contributed by atoms with Crippen molar-refractivity contribution in [1.29, 1.82) is 0 Å². The topological polar surface area (TPSA) is 64.6 Å². The highest BCUT2D eigenvalue weighted by atomic mass is 19.4. The average molecular weight is 285 g/mol. The van der Waals surface area contributed by atoms with Crippen LogP contribution < -0.4 is 5.32 Å². The first-order chi connectivity index (χ1) is 8.38. The molecule has 0 rings (SSSR count). The summed E-state index contributed by atoms with van der Waals surface area (Å²) in [6, 6.07) is -1.85. The van der Waals surface area contributed by atoms with Gasteiger partial charge in [0.05, 0.1) is 13.0 Å². The van der Waals surface area contributed by atoms with Crippen LogP contribution in [0.25, 0.3) is 0 Å². The maximum atomic E-state index is 12.6. The lowest BCUT2D eigenvalue weighted by molar-refractivity contribution is -0.185. The lowest BCUT2D eigenvalue weighted by Crippen LogP contribution is -2.51. The molecule has 0 saturated carbocycles. The highest BCUT2D eigenvalue weighted by Crippen LogP contribution is 2.29. The summed E-state index contributed by atoms with van der Waals surface area (Å²) in [4.78, 5) is 22.7. The van der Waals surface area contributed by atoms with Crippen molar-refractivity contribution in [1.82, 2.24) is 5.32 Å². The third-order valence-electron chi connectivity index (χ3n) is 2.14. The first-order valence-electron chi connectivity index (χ1n) is 5.52. The highest BCUT2D eigenvalue weighted by molar-refractivity contribution is 5.81. The van der Waals surface area contributed by atoms with Crippen LogP contribution in [-0.2, 0) is 14.3 Å². The fourth-order valence-electron chi connectivity index (χ4n) is 1.14. The number of esters is 1. The number of rotatable bonds is 3. The van der Waals surface area contributed by atoms with Crippen LogP contribution in [0.4, 0.5) is 18.0 Å². The lowest BCUT2D eigenvalue weighted by Gasteiger charge is -2.26. The summed E-state index contributed by atoms with van der Waals surface area (Å²) < 4.78 is 46.8. The van der Waals surface area contributed by atoms with E-state index in [1.54, 1.807) is 20.8 Å². The molecule has 0 aromatic rings. The zero-order valence-electron chi connectivity index (χ0n) is 11.4. The monoisotopic (exact) mass is 285 g/mol. The Morgan fingerprint density at radius 3 is 1.95 bits per heavy atom. The van der Waals surface area contributed by atoms with Crippen LogP contribution in [0.15, 0.2) is 0 Å². The highest BCUT2D eigenvalue weighted by Gasteiger charge is 2.46. The van der Waals surface area contributed by atoms with Gasteiger partial charge in [0.15, 0.2) is 0 Å². The number of carbonyl (C=O) groups excluding carboxylic acids is 2. The van der Waals surface area contributed by atoms with Crippen LogP contribution >= 0.6 is 0 Å². The zero-order valence-corrected chi connectivity index (χ0v) is 11.4. The van der Waals surface area contributed by atoms with Gasteiger partial charge in [0.25, 0.3) is 0 Å². The Kier molecular flexibility index (Phi) is 5.64. The second kappa shape index (κ2) is 6.12. The van der Waals surface area contributed by atoms with Gasteiger partial charge < -0.3 is 14.8 Å². The fraction of sp³-hybridized carbons (Fsp3) is 0.818. The van der Waals surface area contributed by atoms with Gasteiger partial charge in [-0.05, 0) is 20.8 Å². The normalized spacial score (nSPS) is 15.4. The molecule has 0 bridgehead atoms. The maximum absolute atomic E-state index is 12.6. The van der Waals surface area contributed by atoms with Crippen LogP contribution in [-0.4, -0.2) is 37.0 Å². The molecule has 1 amide bonds. The molecule has 8 heteroatoms. The van der Waals surface area contributed by atoms with E-state index < -0.39 is 35.8 Å². The van der Waals surface area contributed by atoms with E-state index in [1.165, 1.54) is 0 Å². The van der Waals surface area contributed by atoms with Gasteiger partial charge in [-0.2, -0.15) is 13.2 Å². The van der Waals surface area contributed by atoms with E-state index in [2.05, 4.69) is 4.74 Å². The van der Waals surface area contributed by atoms with E-state index in [9.17, 15) is 22.8 Å². The Hall–Kier alpha value is -1.47. The molecular formula is C11H18F3NO4. The van der Waals surface area contributed by atoms with Crippen molar-refractivity contribution >= 4 is 12.1 Å². The average Bonchev–Trinajstić information content (AvgIpc) is 2.20. The Morgan fingerprint density at radius 2 is 1.63 bits per heavy atom. The molecule has 0 radical (unpaired) electrons. The Bertz CT molecular complexity index is 336. The van der Waals surface area contributed by atoms with E-state index in [1.807, 2.05) is 5.32 Å². The summed E-state index contributed by atoms with van der Waals surface area (Å²) in [7, 11) is 0.940. The quantitative estimate of drug-likeness (QED) is 0.808. The van der Waals surface area contributed by atoms with E-state index in [4.69, 9.17) is 4.74 Å². The smallest absolute Gasteiger partial charge is 0.408 e. The first kappa shape index (κ1) is 17.5. The number of alkyl carbamates (subject to hydrolysis) is 1. The lowest BCUT2D eigenvalue weighted by atomic mass is 10.0. The summed E-state index contributed by atoms with van der Waals surface area (Å²) >= 11 is 0. The summed E-state index contributed by atoms with van der Waals surface area (Å²) in [6.07, 6.45) is -5.76. The SMILES string of the molecule is COC(=O)C(NC(=O)OC(C)(C)C)C(C)C(F)(F)F. The third kappa shape index (κ3) is 6.30. The Morgan fingerprint density at radius 1 is 1.16 bits per heavy atom. The maximum Gasteiger partial charge on any atom is 0.408 e. The van der Waals surface area contributed by atoms with Crippen LogP contribution in [0.2, 0.25) is 0 Å². The van der Waals surface area contributed by atoms with Gasteiger partial charge in [-0.25, -0.2) is 9.59 Å². The summed E-state index contributed by atoms with van der Waals surface area (Å²) in [5, 5.41) is 1.87. The number of halogens is 3. The molecule has 2 unspecified atom stereocenters. The van der Waals surface area contributed by atoms with Gasteiger partial charge >= 0.3 is 18.2 Å². The number of hydrogen-bond acceptors (Lipinski definition) is 4. The number of carbonyl (C=O) groups is 2. The fourth-order valence-corrected chi connectivity index (χ4v) is 1.14. The largest absolute Gasteiger partial charge is 0.467 e. The molecule has 0 aliphatic heterocycles. The molecule has 0 fully saturated rings. The molecule has 0 aliphatic carbocycles. The molecular weight excluding hydrogens is 267 g/mol. The van der Waals surface area contributed by atoms with Gasteiger partial charge in [-0.3, -0.25) is 0 Å². The molecule has 0 spiro atoms. The number of ether oxygens (including phenoxy) is 2. The van der Waals surface area contributed by atoms with E-state index in [-0.39, 0.29) is 0 Å². The molecule has 19 heavy (non-hydrogen) atoms. The standard InChI is InChI=1S/C11H18F3NO4/c1-6(11(12,13)14)7(8(16)18-5)15-9(17)19-10(2,3)4/h6-7H,1-5H3,(H,15,17). The second-order valence-electron chi connectivity index (χ2n) is 4.98. The zero-order chi connectivity index (χ0) is 15.4. The molecule has 0 saturated heterocycles. The molecule has 0 aliphatic rings. The molecule has 5 nitrogen and oxygen atoms in total. The van der Waals surface area contributed by atoms with Crippen molar-refractivity contribution in [2.24, 2.45) is 5.92 Å². The van der Waals surface area contributed by atoms with Gasteiger partial charge in [0, 0.05) is 0 Å². The summed E-state index contributed by atoms with van der Waals surface area (Å²) in [5.41, 5.74) is -0.883. The van der Waals surface area contributed by atoms with Crippen molar-refractivity contribution < 1.29 is 32.2 Å². The minimum absolute atomic E-state index is 0.777. The molecule has 0 heterocycles. The molecule has 112 valence electrons. The third-order valence-corrected chi connectivity index (χ3v) is 2.14. The number of nitrogens with one attached hydrogen (secondary N) is 1. The van der Waals surface area contributed by atoms with Crippen molar-refractivity contribution in [3.63, 3.8) is 0 Å². The van der Waals surface area contributed by atoms with Crippen molar-refractivity contribution in [2.75, 3.05) is 7.11 Å². The number of amides is 1. The van der Waals surface area contributed by atoms with Gasteiger partial charge in [-0.15, -0.1) is 0 Å². The van der Waals surface area contributed by atoms with Crippen LogP contribution in [0.5, 0.6) is 0 Å². The van der Waals surface area contributed by atoms with Crippen LogP contribution in [0.1, 0.15) is 27.7 Å². The van der Waals surface area contributed by atoms with Crippen molar-refractivity contribution in [2.45, 2.75) is 45.5 Å². The van der Waals surface area contributed by atoms with Gasteiger partial charge in [0.2, 0.25) is 0 Å². The summed E-state index contributed by atoms with van der Waals surface area (Å²) in [6.45, 7) is 5.42. The molecule has 0 aromatic carbocycles. The molecule has 0 aromatic heterocycles. The van der Waals surface area contributed by atoms with Gasteiger partial charge in [0.1, 0.15) is 11.6 Å². The molecule has 1 N–H and O–H groups in total. The van der Waals surface area contributed by atoms with Crippen LogP contribution in [0, 0.1) is 5.92 Å². The van der Waals surface area contributed by atoms with E-state index in [0.717, 1.165) is 14.0 Å². The number of hydrogen-bond donors (Lipinski definition) is 1.